The highest BCUT2D eigenvalue weighted by molar-refractivity contribution is 9.10. The van der Waals surface area contributed by atoms with Crippen LogP contribution in [-0.4, -0.2) is 40.7 Å². The van der Waals surface area contributed by atoms with Crippen molar-refractivity contribution in [2.45, 2.75) is 23.6 Å². The summed E-state index contributed by atoms with van der Waals surface area (Å²) in [6, 6.07) is 11.5. The van der Waals surface area contributed by atoms with E-state index in [1.807, 2.05) is 0 Å². The van der Waals surface area contributed by atoms with Gasteiger partial charge in [0.25, 0.3) is 6.08 Å². The molecule has 1 aliphatic heterocycles. The van der Waals surface area contributed by atoms with Gasteiger partial charge in [0.1, 0.15) is 34.1 Å². The van der Waals surface area contributed by atoms with E-state index in [4.69, 9.17) is 18.9 Å². The molecule has 1 fully saturated rings. The first-order valence-corrected chi connectivity index (χ1v) is 12.5. The molecule has 0 saturated heterocycles. The largest absolute Gasteiger partial charge is 0.497 e. The SMILES string of the molecule is COc1cc(OC)cc(C(=C(F)F)N2c3ccc(Br)cc3[C@H]3[C@@H]2[C@]3(c2cc(OC)cc(OC)c2)C(F)(F)F)c1. The monoisotopic (exact) mass is 611 g/mol. The van der Waals surface area contributed by atoms with Crippen molar-refractivity contribution in [3.8, 4) is 23.0 Å². The molecule has 1 saturated carbocycles. The molecule has 2 aliphatic rings. The second kappa shape index (κ2) is 9.62. The second-order valence-corrected chi connectivity index (χ2v) is 10.1. The number of hydrogen-bond donors (Lipinski definition) is 0. The zero-order chi connectivity index (χ0) is 28.3. The lowest BCUT2D eigenvalue weighted by molar-refractivity contribution is -0.163. The molecule has 5 rings (SSSR count). The number of nitrogens with zero attached hydrogens (tertiary/aromatic N) is 1. The van der Waals surface area contributed by atoms with Crippen molar-refractivity contribution in [2.75, 3.05) is 33.3 Å². The van der Waals surface area contributed by atoms with Gasteiger partial charge in [0.2, 0.25) is 0 Å². The number of rotatable bonds is 7. The van der Waals surface area contributed by atoms with Gasteiger partial charge < -0.3 is 23.8 Å². The minimum Gasteiger partial charge on any atom is -0.497 e. The molecule has 0 unspecified atom stereocenters. The summed E-state index contributed by atoms with van der Waals surface area (Å²) in [5.41, 5.74) is -2.82. The molecule has 1 heterocycles. The quantitative estimate of drug-likeness (QED) is 0.258. The van der Waals surface area contributed by atoms with E-state index in [0.717, 1.165) is 4.90 Å². The van der Waals surface area contributed by atoms with Gasteiger partial charge in [-0.2, -0.15) is 22.0 Å². The Labute approximate surface area is 229 Å². The third-order valence-corrected chi connectivity index (χ3v) is 7.86. The average Bonchev–Trinajstić information content (AvgIpc) is 3.52. The minimum absolute atomic E-state index is 0.0492. The fourth-order valence-electron chi connectivity index (χ4n) is 5.73. The number of alkyl halides is 3. The lowest BCUT2D eigenvalue weighted by Gasteiger charge is -2.33. The van der Waals surface area contributed by atoms with Crippen LogP contribution in [0.5, 0.6) is 23.0 Å². The summed E-state index contributed by atoms with van der Waals surface area (Å²) >= 11 is 3.34. The van der Waals surface area contributed by atoms with Crippen LogP contribution in [0.2, 0.25) is 0 Å². The van der Waals surface area contributed by atoms with E-state index < -0.39 is 35.3 Å². The van der Waals surface area contributed by atoms with E-state index in [-0.39, 0.29) is 39.8 Å². The summed E-state index contributed by atoms with van der Waals surface area (Å²) in [5, 5.41) is 0. The molecule has 0 aromatic heterocycles. The van der Waals surface area contributed by atoms with Crippen molar-refractivity contribution < 1.29 is 40.9 Å². The van der Waals surface area contributed by atoms with Gasteiger partial charge in [-0.3, -0.25) is 0 Å². The number of anilines is 1. The van der Waals surface area contributed by atoms with E-state index in [1.165, 1.54) is 64.8 Å². The summed E-state index contributed by atoms with van der Waals surface area (Å²) in [6.07, 6.45) is -6.96. The van der Waals surface area contributed by atoms with Crippen molar-refractivity contribution in [2.24, 2.45) is 0 Å². The fourth-order valence-corrected chi connectivity index (χ4v) is 6.11. The molecule has 0 radical (unpaired) electrons. The molecular weight excluding hydrogens is 589 g/mol. The molecule has 3 aromatic rings. The summed E-state index contributed by atoms with van der Waals surface area (Å²) in [6.45, 7) is 0. The molecule has 0 N–H and O–H groups in total. The lowest BCUT2D eigenvalue weighted by atomic mass is 9.87. The predicted molar refractivity (Wildman–Crippen MR) is 139 cm³/mol. The van der Waals surface area contributed by atoms with Crippen LogP contribution < -0.4 is 23.8 Å². The molecule has 5 nitrogen and oxygen atoms in total. The Morgan fingerprint density at radius 2 is 1.31 bits per heavy atom. The zero-order valence-corrected chi connectivity index (χ0v) is 22.8. The van der Waals surface area contributed by atoms with Crippen molar-refractivity contribution in [1.29, 1.82) is 0 Å². The lowest BCUT2D eigenvalue weighted by Crippen LogP contribution is -2.40. The molecule has 0 amide bonds. The van der Waals surface area contributed by atoms with Crippen LogP contribution in [0.1, 0.15) is 22.6 Å². The maximum atomic E-state index is 15.3. The molecule has 206 valence electrons. The first kappa shape index (κ1) is 27.1. The standard InChI is InChI=1S/C28H23BrF5NO4/c1-36-17-7-14(8-18(12-17)37-2)24(26(30)31)35-22-6-5-16(29)11-21(22)23-25(35)27(23,28(32,33)34)15-9-19(38-3)13-20(10-15)39-4/h5-13,23,25H,1-4H3/t23-,25+,27+/m0/s1. The molecule has 39 heavy (non-hydrogen) atoms. The molecule has 0 spiro atoms. The number of halogens is 6. The fraction of sp³-hybridized carbons (Fsp3) is 0.286. The predicted octanol–water partition coefficient (Wildman–Crippen LogP) is 7.53. The van der Waals surface area contributed by atoms with E-state index in [1.54, 1.807) is 18.2 Å². The second-order valence-electron chi connectivity index (χ2n) is 9.17. The number of methoxy groups -OCH3 is 4. The van der Waals surface area contributed by atoms with E-state index in [0.29, 0.717) is 10.0 Å². The average molecular weight is 612 g/mol. The third-order valence-electron chi connectivity index (χ3n) is 7.37. The number of fused-ring (bicyclic) bond motifs is 3. The highest BCUT2D eigenvalue weighted by atomic mass is 79.9. The number of ether oxygens (including phenoxy) is 4. The third kappa shape index (κ3) is 4.09. The van der Waals surface area contributed by atoms with Gasteiger partial charge in [0, 0.05) is 33.8 Å². The number of hydrogen-bond acceptors (Lipinski definition) is 5. The highest BCUT2D eigenvalue weighted by Crippen LogP contribution is 2.76. The number of benzene rings is 3. The van der Waals surface area contributed by atoms with Crippen molar-refractivity contribution in [1.82, 2.24) is 0 Å². The van der Waals surface area contributed by atoms with Gasteiger partial charge in [-0.05, 0) is 53.6 Å². The van der Waals surface area contributed by atoms with Gasteiger partial charge in [-0.15, -0.1) is 0 Å². The Bertz CT molecular complexity index is 1430. The summed E-state index contributed by atoms with van der Waals surface area (Å²) in [4.78, 5) is 1.09. The van der Waals surface area contributed by atoms with Crippen LogP contribution in [0.25, 0.3) is 5.70 Å². The molecule has 1 aliphatic carbocycles. The van der Waals surface area contributed by atoms with Crippen molar-refractivity contribution >= 4 is 27.3 Å². The topological polar surface area (TPSA) is 40.2 Å². The molecular formula is C28H23BrF5NO4. The van der Waals surface area contributed by atoms with Crippen LogP contribution in [0, 0.1) is 0 Å². The Hall–Kier alpha value is -3.47. The first-order valence-electron chi connectivity index (χ1n) is 11.7. The van der Waals surface area contributed by atoms with Crippen LogP contribution >= 0.6 is 15.9 Å². The summed E-state index contributed by atoms with van der Waals surface area (Å²) in [7, 11) is 5.39. The van der Waals surface area contributed by atoms with Crippen LogP contribution in [0.15, 0.2) is 65.2 Å². The van der Waals surface area contributed by atoms with Crippen LogP contribution in [0.3, 0.4) is 0 Å². The zero-order valence-electron chi connectivity index (χ0n) is 21.2. The van der Waals surface area contributed by atoms with Gasteiger partial charge in [-0.1, -0.05) is 15.9 Å². The Kier molecular flexibility index (Phi) is 6.69. The maximum absolute atomic E-state index is 15.3. The molecule has 3 atom stereocenters. The van der Waals surface area contributed by atoms with Crippen molar-refractivity contribution in [3.05, 3.63) is 81.8 Å². The Morgan fingerprint density at radius 1 is 0.795 bits per heavy atom. The smallest absolute Gasteiger partial charge is 0.401 e. The molecule has 3 aromatic carbocycles. The van der Waals surface area contributed by atoms with E-state index >= 15 is 13.2 Å². The molecule has 11 heteroatoms. The van der Waals surface area contributed by atoms with Gasteiger partial charge in [0.05, 0.1) is 34.5 Å². The van der Waals surface area contributed by atoms with Crippen LogP contribution in [0.4, 0.5) is 27.6 Å². The van der Waals surface area contributed by atoms with Gasteiger partial charge >= 0.3 is 6.18 Å². The Morgan fingerprint density at radius 3 is 1.77 bits per heavy atom. The first-order chi connectivity index (χ1) is 18.5. The highest BCUT2D eigenvalue weighted by Gasteiger charge is 2.84. The Balaban J connectivity index is 1.79. The minimum atomic E-state index is -4.82. The maximum Gasteiger partial charge on any atom is 0.401 e. The summed E-state index contributed by atoms with van der Waals surface area (Å²) < 4.78 is 97.2. The molecule has 0 bridgehead atoms. The van der Waals surface area contributed by atoms with Crippen molar-refractivity contribution in [3.63, 3.8) is 0 Å². The van der Waals surface area contributed by atoms with Gasteiger partial charge in [-0.25, -0.2) is 0 Å². The van der Waals surface area contributed by atoms with E-state index in [2.05, 4.69) is 15.9 Å². The van der Waals surface area contributed by atoms with Crippen LogP contribution in [-0.2, 0) is 5.41 Å². The van der Waals surface area contributed by atoms with E-state index in [9.17, 15) is 8.78 Å². The summed E-state index contributed by atoms with van der Waals surface area (Å²) in [5.74, 6) is -0.438. The van der Waals surface area contributed by atoms with Gasteiger partial charge in [0.15, 0.2) is 0 Å². The normalized spacial score (nSPS) is 21.1.